The zero-order valence-corrected chi connectivity index (χ0v) is 80.0. The van der Waals surface area contributed by atoms with Crippen molar-refractivity contribution in [2.24, 2.45) is 0 Å². The van der Waals surface area contributed by atoms with Gasteiger partial charge in [0, 0.05) is 104 Å². The predicted octanol–water partition coefficient (Wildman–Crippen LogP) is 32.5. The van der Waals surface area contributed by atoms with Crippen LogP contribution < -0.4 is 0 Å². The molecule has 0 saturated carbocycles. The third-order valence-electron chi connectivity index (χ3n) is 28.9. The van der Waals surface area contributed by atoms with Crippen molar-refractivity contribution in [1.29, 1.82) is 47.4 Å². The average molecular weight is 1910 g/mol. The number of benzene rings is 21. The van der Waals surface area contributed by atoms with Gasteiger partial charge in [0.1, 0.15) is 18.2 Å². The molecule has 6 heterocycles. The molecule has 0 spiro atoms. The maximum absolute atomic E-state index is 10.7. The number of rotatable bonds is 12. The lowest BCUT2D eigenvalue weighted by Gasteiger charge is -2.19. The first-order valence-electron chi connectivity index (χ1n) is 48.9. The molecular formula is C135H75N15. The molecule has 0 radical (unpaired) electrons. The van der Waals surface area contributed by atoms with E-state index in [0.29, 0.717) is 55.6 Å². The molecule has 150 heavy (non-hydrogen) atoms. The highest BCUT2D eigenvalue weighted by Crippen LogP contribution is 2.49. The minimum atomic E-state index is 0.334. The van der Waals surface area contributed by atoms with Gasteiger partial charge in [-0.05, 0) is 233 Å². The van der Waals surface area contributed by atoms with E-state index < -0.39 is 0 Å². The highest BCUT2D eigenvalue weighted by molar-refractivity contribution is 6.16. The fourth-order valence-corrected chi connectivity index (χ4v) is 22.4. The first-order valence-corrected chi connectivity index (χ1v) is 48.9. The molecule has 690 valence electrons. The van der Waals surface area contributed by atoms with Crippen molar-refractivity contribution in [2.45, 2.75) is 0 Å². The van der Waals surface area contributed by atoms with E-state index >= 15 is 0 Å². The van der Waals surface area contributed by atoms with Crippen molar-refractivity contribution in [3.63, 3.8) is 0 Å². The summed E-state index contributed by atoms with van der Waals surface area (Å²) in [6, 6.07) is 173. The van der Waals surface area contributed by atoms with Gasteiger partial charge in [0.25, 0.3) is 0 Å². The van der Waals surface area contributed by atoms with Crippen LogP contribution in [0.25, 0.3) is 232 Å². The van der Waals surface area contributed by atoms with E-state index in [4.69, 9.17) is 0 Å². The topological polar surface area (TPSA) is 244 Å². The van der Waals surface area contributed by atoms with E-state index in [1.165, 1.54) is 32.3 Å². The van der Waals surface area contributed by atoms with Crippen LogP contribution in [0.3, 0.4) is 0 Å². The lowest BCUT2D eigenvalue weighted by Crippen LogP contribution is -2.00. The van der Waals surface area contributed by atoms with Crippen LogP contribution in [0.5, 0.6) is 0 Å². The van der Waals surface area contributed by atoms with Crippen molar-refractivity contribution in [2.75, 3.05) is 0 Å². The smallest absolute Gasteiger partial charge is 0.101 e. The number of aromatic nitrogens is 6. The molecule has 0 aliphatic carbocycles. The summed E-state index contributed by atoms with van der Waals surface area (Å²) in [6.07, 6.45) is 0. The maximum Gasteiger partial charge on any atom is 0.101 e. The highest BCUT2D eigenvalue weighted by atomic mass is 15.0. The number of nitrogens with zero attached hydrogens (tertiary/aromatic N) is 15. The Morgan fingerprint density at radius 2 is 0.420 bits per heavy atom. The van der Waals surface area contributed by atoms with Crippen molar-refractivity contribution in [3.05, 3.63) is 505 Å². The van der Waals surface area contributed by atoms with Crippen LogP contribution in [0.4, 0.5) is 0 Å². The predicted molar refractivity (Wildman–Crippen MR) is 600 cm³/mol. The normalized spacial score (nSPS) is 11.1. The molecule has 0 fully saturated rings. The van der Waals surface area contributed by atoms with E-state index in [-0.39, 0.29) is 0 Å². The summed E-state index contributed by atoms with van der Waals surface area (Å²) < 4.78 is 13.3. The average Bonchev–Trinajstić information content (AvgIpc) is 1.53. The number of para-hydroxylation sites is 12. The minimum absolute atomic E-state index is 0.334. The van der Waals surface area contributed by atoms with E-state index in [2.05, 4.69) is 306 Å². The van der Waals surface area contributed by atoms with Gasteiger partial charge in [-0.2, -0.15) is 47.4 Å². The zero-order chi connectivity index (χ0) is 101. The molecule has 0 saturated heterocycles. The van der Waals surface area contributed by atoms with E-state index in [0.717, 1.165) is 194 Å². The summed E-state index contributed by atoms with van der Waals surface area (Å²) in [7, 11) is 0. The van der Waals surface area contributed by atoms with E-state index in [1.807, 2.05) is 224 Å². The van der Waals surface area contributed by atoms with Crippen LogP contribution in [0.15, 0.2) is 455 Å². The second-order valence-corrected chi connectivity index (χ2v) is 36.9. The van der Waals surface area contributed by atoms with Gasteiger partial charge in [-0.15, -0.1) is 0 Å². The number of nitriles is 9. The molecular weight excluding hydrogens is 1830 g/mol. The second-order valence-electron chi connectivity index (χ2n) is 36.9. The van der Waals surface area contributed by atoms with Crippen molar-refractivity contribution in [3.8, 4) is 156 Å². The molecule has 15 nitrogen and oxygen atoms in total. The quantitative estimate of drug-likeness (QED) is 0.113. The van der Waals surface area contributed by atoms with Crippen LogP contribution >= 0.6 is 0 Å². The molecule has 0 atom stereocenters. The van der Waals surface area contributed by atoms with Gasteiger partial charge in [-0.1, -0.05) is 261 Å². The van der Waals surface area contributed by atoms with Crippen LogP contribution in [0.1, 0.15) is 50.1 Å². The highest BCUT2D eigenvalue weighted by Gasteiger charge is 2.28. The van der Waals surface area contributed by atoms with Gasteiger partial charge in [-0.25, -0.2) is 0 Å². The zero-order valence-electron chi connectivity index (χ0n) is 80.0. The Morgan fingerprint density at radius 3 is 0.800 bits per heavy atom. The molecule has 15 heteroatoms. The maximum atomic E-state index is 10.7. The van der Waals surface area contributed by atoms with E-state index in [9.17, 15) is 47.4 Å². The first kappa shape index (κ1) is 89.2. The van der Waals surface area contributed by atoms with Crippen LogP contribution in [-0.2, 0) is 0 Å². The fraction of sp³-hybridized carbons (Fsp3) is 0. The fourth-order valence-electron chi connectivity index (χ4n) is 22.4. The lowest BCUT2D eigenvalue weighted by atomic mass is 9.87. The number of fused-ring (bicyclic) bond motifs is 18. The molecule has 0 aliphatic rings. The summed E-state index contributed by atoms with van der Waals surface area (Å²) in [5.74, 6) is 0. The van der Waals surface area contributed by atoms with Gasteiger partial charge in [0.05, 0.1) is 175 Å². The molecule has 0 bridgehead atoms. The van der Waals surface area contributed by atoms with Crippen molar-refractivity contribution >= 4 is 131 Å². The Morgan fingerprint density at radius 1 is 0.140 bits per heavy atom. The van der Waals surface area contributed by atoms with Gasteiger partial charge in [0.2, 0.25) is 0 Å². The monoisotopic (exact) mass is 1910 g/mol. The molecule has 0 amide bonds. The Kier molecular flexibility index (Phi) is 22.0. The summed E-state index contributed by atoms with van der Waals surface area (Å²) >= 11 is 0. The van der Waals surface area contributed by atoms with Gasteiger partial charge >= 0.3 is 0 Å². The first-order chi connectivity index (χ1) is 74.0. The molecule has 0 aliphatic heterocycles. The van der Waals surface area contributed by atoms with E-state index in [1.54, 1.807) is 6.07 Å². The largest absolute Gasteiger partial charge is 0.309 e. The van der Waals surface area contributed by atoms with Crippen molar-refractivity contribution < 1.29 is 0 Å². The van der Waals surface area contributed by atoms with Crippen LogP contribution in [0, 0.1) is 102 Å². The Labute approximate surface area is 860 Å². The minimum Gasteiger partial charge on any atom is -0.309 e. The summed E-state index contributed by atoms with van der Waals surface area (Å²) in [5.41, 5.74) is 33.0. The standard InChI is InChI=1S/3C45H25N5/c46-26-29-17-24-44-38(25-29)36-12-4-5-13-40(36)49(44)32-21-18-30(19-22-32)45-37(23-20-31(27-47)39(45)28-48)35-11-3-8-16-43(35)50-41-14-6-1-9-33(41)34-10-2-7-15-42(34)50;46-26-29-17-20-34(35-9-1-6-14-42(35)50-43-15-7-2-10-36(43)37-11-3-8-16-44(37)50)39(23-29)33-21-19-32(25-31(33)28-48)49-41-13-5-4-12-38(41)40-24-30(27-47)18-22-45(40)49;46-26-29-17-20-33(34-9-1-5-13-41(34)50-42-14-6-2-10-35(42)36-11-3-7-15-43(36)50)38(23-29)31-19-22-40(32(25-31)28-48)49-44-16-8-4-12-37(44)39-24-30(27-47)18-21-45(39)49/h3*1-25H. The second kappa shape index (κ2) is 37.0. The van der Waals surface area contributed by atoms with Crippen LogP contribution in [-0.4, -0.2) is 27.4 Å². The number of hydrogen-bond donors (Lipinski definition) is 0. The Balaban J connectivity index is 0.000000116. The molecule has 0 unspecified atom stereocenters. The van der Waals surface area contributed by atoms with Gasteiger partial charge < -0.3 is 27.4 Å². The summed E-state index contributed by atoms with van der Waals surface area (Å²) in [6.45, 7) is 0. The summed E-state index contributed by atoms with van der Waals surface area (Å²) in [5, 5.41) is 104. The lowest BCUT2D eigenvalue weighted by molar-refractivity contribution is 1.17. The molecule has 0 N–H and O–H groups in total. The van der Waals surface area contributed by atoms with Crippen molar-refractivity contribution in [1.82, 2.24) is 27.4 Å². The third kappa shape index (κ3) is 14.7. The van der Waals surface area contributed by atoms with Gasteiger partial charge in [0.15, 0.2) is 0 Å². The Bertz CT molecular complexity index is 10700. The summed E-state index contributed by atoms with van der Waals surface area (Å²) in [4.78, 5) is 0. The molecule has 27 aromatic rings. The molecule has 27 rings (SSSR count). The third-order valence-corrected chi connectivity index (χ3v) is 28.9. The Hall–Kier alpha value is -22.2. The SMILES string of the molecule is N#Cc1ccc(-c2ccccc2-n2c3ccccc3c3ccccc32)c(-c2ccc(-n3c4ccccc4c4cc(C#N)ccc43)c(C#N)c2)c1.N#Cc1ccc(-c2ccccc2-n2c3ccccc3c3ccccc32)c(-c2ccc(-n3c4ccccc4c4cc(C#N)ccc43)cc2C#N)c1.N#Cc1ccc2c(c1)c1ccccc1n2-c1ccc(-c2c(-c3ccccc3-n3c4ccccc4c4ccccc43)ccc(C#N)c2C#N)cc1. The van der Waals surface area contributed by atoms with Crippen LogP contribution in [0.2, 0.25) is 0 Å². The molecule has 21 aromatic carbocycles. The number of hydrogen-bond acceptors (Lipinski definition) is 9. The van der Waals surface area contributed by atoms with Gasteiger partial charge in [-0.3, -0.25) is 0 Å². The molecule has 6 aromatic heterocycles.